The highest BCUT2D eigenvalue weighted by atomic mass is 16.5. The average Bonchev–Trinajstić information content (AvgIpc) is 3.10. The van der Waals surface area contributed by atoms with Gasteiger partial charge >= 0.3 is 0 Å². The van der Waals surface area contributed by atoms with E-state index >= 15 is 0 Å². The van der Waals surface area contributed by atoms with Crippen LogP contribution in [0, 0.1) is 13.8 Å². The number of benzene rings is 1. The zero-order chi connectivity index (χ0) is 18.4. The molecule has 2 heterocycles. The molecule has 1 saturated heterocycles. The maximum absolute atomic E-state index is 5.95. The van der Waals surface area contributed by atoms with Gasteiger partial charge in [-0.1, -0.05) is 17.7 Å². The molecule has 2 aromatic rings. The van der Waals surface area contributed by atoms with Gasteiger partial charge in [0.05, 0.1) is 19.8 Å². The van der Waals surface area contributed by atoms with Gasteiger partial charge < -0.3 is 14.2 Å². The van der Waals surface area contributed by atoms with Crippen LogP contribution >= 0.6 is 0 Å². The normalized spacial score (nSPS) is 18.2. The number of methoxy groups -OCH3 is 1. The Kier molecular flexibility index (Phi) is 6.54. The van der Waals surface area contributed by atoms with Crippen LogP contribution in [0.15, 0.2) is 18.2 Å². The van der Waals surface area contributed by atoms with Gasteiger partial charge in [0.1, 0.15) is 18.5 Å². The van der Waals surface area contributed by atoms with E-state index in [2.05, 4.69) is 46.4 Å². The van der Waals surface area contributed by atoms with Crippen molar-refractivity contribution >= 4 is 0 Å². The fourth-order valence-electron chi connectivity index (χ4n) is 3.09. The Hall–Kier alpha value is -2.03. The van der Waals surface area contributed by atoms with E-state index in [4.69, 9.17) is 14.2 Å². The summed E-state index contributed by atoms with van der Waals surface area (Å²) in [4.78, 5) is 2.33. The molecule has 1 fully saturated rings. The second-order valence-corrected chi connectivity index (χ2v) is 6.53. The standard InChI is InChI=1S/C18H27N5O3/c1-14-4-5-16(15(2)12-14)25-10-6-22-7-11-26-17(13-22)18-19-20-21-23(18)8-9-24-3/h4-5,12,17H,6-11,13H2,1-3H3/t17-/m1/s1. The SMILES string of the molecule is COCCn1nnnc1[C@H]1CN(CCOc2ccc(C)cc2C)CCO1. The van der Waals surface area contributed by atoms with Crippen LogP contribution in [-0.2, 0) is 16.0 Å². The molecule has 0 unspecified atom stereocenters. The van der Waals surface area contributed by atoms with Crippen LogP contribution in [-0.4, -0.2) is 71.7 Å². The minimum atomic E-state index is -0.128. The van der Waals surface area contributed by atoms with Gasteiger partial charge in [-0.15, -0.1) is 5.10 Å². The first-order valence-electron chi connectivity index (χ1n) is 8.96. The summed E-state index contributed by atoms with van der Waals surface area (Å²) >= 11 is 0. The van der Waals surface area contributed by atoms with Crippen molar-refractivity contribution in [2.75, 3.05) is 46.6 Å². The van der Waals surface area contributed by atoms with Gasteiger partial charge in [-0.25, -0.2) is 4.68 Å². The summed E-state index contributed by atoms with van der Waals surface area (Å²) in [6.45, 7) is 9.13. The van der Waals surface area contributed by atoms with E-state index in [9.17, 15) is 0 Å². The fourth-order valence-corrected chi connectivity index (χ4v) is 3.09. The van der Waals surface area contributed by atoms with Crippen molar-refractivity contribution in [2.24, 2.45) is 0 Å². The highest BCUT2D eigenvalue weighted by molar-refractivity contribution is 5.35. The Morgan fingerprint density at radius 3 is 2.92 bits per heavy atom. The molecule has 1 atom stereocenters. The maximum atomic E-state index is 5.95. The van der Waals surface area contributed by atoms with E-state index in [0.717, 1.165) is 31.2 Å². The van der Waals surface area contributed by atoms with Crippen molar-refractivity contribution < 1.29 is 14.2 Å². The highest BCUT2D eigenvalue weighted by Crippen LogP contribution is 2.21. The Morgan fingerprint density at radius 2 is 2.12 bits per heavy atom. The third-order valence-electron chi connectivity index (χ3n) is 4.50. The molecule has 1 aromatic carbocycles. The largest absolute Gasteiger partial charge is 0.492 e. The topological polar surface area (TPSA) is 74.5 Å². The smallest absolute Gasteiger partial charge is 0.181 e. The van der Waals surface area contributed by atoms with Gasteiger partial charge in [0.25, 0.3) is 0 Å². The van der Waals surface area contributed by atoms with E-state index < -0.39 is 0 Å². The number of hydrogen-bond acceptors (Lipinski definition) is 7. The molecule has 8 nitrogen and oxygen atoms in total. The van der Waals surface area contributed by atoms with Crippen molar-refractivity contribution in [3.63, 3.8) is 0 Å². The lowest BCUT2D eigenvalue weighted by Gasteiger charge is -2.32. The molecule has 0 bridgehead atoms. The van der Waals surface area contributed by atoms with E-state index in [-0.39, 0.29) is 6.10 Å². The molecule has 0 spiro atoms. The first kappa shape index (κ1) is 18.8. The van der Waals surface area contributed by atoms with Crippen LogP contribution in [0.25, 0.3) is 0 Å². The summed E-state index contributed by atoms with van der Waals surface area (Å²) in [5.41, 5.74) is 2.42. The predicted molar refractivity (Wildman–Crippen MR) is 96.2 cm³/mol. The zero-order valence-electron chi connectivity index (χ0n) is 15.7. The molecule has 0 saturated carbocycles. The van der Waals surface area contributed by atoms with Crippen LogP contribution in [0.4, 0.5) is 0 Å². The zero-order valence-corrected chi connectivity index (χ0v) is 15.7. The van der Waals surface area contributed by atoms with Crippen LogP contribution in [0.2, 0.25) is 0 Å². The van der Waals surface area contributed by atoms with Gasteiger partial charge in [0, 0.05) is 26.7 Å². The number of morpholine rings is 1. The second kappa shape index (κ2) is 9.07. The first-order chi connectivity index (χ1) is 12.7. The number of ether oxygens (including phenoxy) is 3. The van der Waals surface area contributed by atoms with Crippen molar-refractivity contribution in [2.45, 2.75) is 26.5 Å². The summed E-state index contributed by atoms with van der Waals surface area (Å²) in [6.07, 6.45) is -0.128. The van der Waals surface area contributed by atoms with Crippen molar-refractivity contribution in [1.29, 1.82) is 0 Å². The third kappa shape index (κ3) is 4.78. The van der Waals surface area contributed by atoms with Crippen molar-refractivity contribution in [3.05, 3.63) is 35.2 Å². The first-order valence-corrected chi connectivity index (χ1v) is 8.96. The summed E-state index contributed by atoms with van der Waals surface area (Å²) in [7, 11) is 1.67. The maximum Gasteiger partial charge on any atom is 0.181 e. The van der Waals surface area contributed by atoms with E-state index in [1.807, 2.05) is 6.07 Å². The van der Waals surface area contributed by atoms with Gasteiger partial charge in [-0.2, -0.15) is 0 Å². The number of hydrogen-bond donors (Lipinski definition) is 0. The molecule has 1 aliphatic heterocycles. The highest BCUT2D eigenvalue weighted by Gasteiger charge is 2.26. The molecule has 0 N–H and O–H groups in total. The summed E-state index contributed by atoms with van der Waals surface area (Å²) < 4.78 is 18.7. The molecule has 26 heavy (non-hydrogen) atoms. The predicted octanol–water partition coefficient (Wildman–Crippen LogP) is 1.39. The number of nitrogens with zero attached hydrogens (tertiary/aromatic N) is 5. The summed E-state index contributed by atoms with van der Waals surface area (Å²) in [5, 5.41) is 11.9. The average molecular weight is 361 g/mol. The van der Waals surface area contributed by atoms with E-state index in [1.165, 1.54) is 11.1 Å². The molecule has 142 valence electrons. The molecule has 3 rings (SSSR count). The number of aromatic nitrogens is 4. The van der Waals surface area contributed by atoms with Crippen LogP contribution in [0.3, 0.4) is 0 Å². The van der Waals surface area contributed by atoms with Gasteiger partial charge in [0.2, 0.25) is 0 Å². The Morgan fingerprint density at radius 1 is 1.23 bits per heavy atom. The molecule has 0 aliphatic carbocycles. The molecule has 8 heteroatoms. The third-order valence-corrected chi connectivity index (χ3v) is 4.50. The second-order valence-electron chi connectivity index (χ2n) is 6.53. The van der Waals surface area contributed by atoms with E-state index in [0.29, 0.717) is 26.4 Å². The van der Waals surface area contributed by atoms with Gasteiger partial charge in [0.15, 0.2) is 5.82 Å². The molecule has 1 aliphatic rings. The van der Waals surface area contributed by atoms with Crippen molar-refractivity contribution in [1.82, 2.24) is 25.1 Å². The van der Waals surface area contributed by atoms with Crippen molar-refractivity contribution in [3.8, 4) is 5.75 Å². The molecular formula is C18H27N5O3. The van der Waals surface area contributed by atoms with Gasteiger partial charge in [-0.05, 0) is 35.9 Å². The summed E-state index contributed by atoms with van der Waals surface area (Å²) in [6, 6.07) is 6.25. The fraction of sp³-hybridized carbons (Fsp3) is 0.611. The van der Waals surface area contributed by atoms with Gasteiger partial charge in [-0.3, -0.25) is 4.90 Å². The lowest BCUT2D eigenvalue weighted by molar-refractivity contribution is -0.0395. The molecule has 0 radical (unpaired) electrons. The lowest BCUT2D eigenvalue weighted by Crippen LogP contribution is -2.41. The number of aryl methyl sites for hydroxylation is 2. The molecule has 0 amide bonds. The Labute approximate surface area is 154 Å². The van der Waals surface area contributed by atoms with Crippen LogP contribution in [0.1, 0.15) is 23.1 Å². The number of tetrazole rings is 1. The quantitative estimate of drug-likeness (QED) is 0.703. The molecular weight excluding hydrogens is 334 g/mol. The van der Waals surface area contributed by atoms with Crippen LogP contribution < -0.4 is 4.74 Å². The minimum Gasteiger partial charge on any atom is -0.492 e. The van der Waals surface area contributed by atoms with Crippen LogP contribution in [0.5, 0.6) is 5.75 Å². The Bertz CT molecular complexity index is 706. The lowest BCUT2D eigenvalue weighted by atomic mass is 10.1. The van der Waals surface area contributed by atoms with E-state index in [1.54, 1.807) is 11.8 Å². The number of rotatable bonds is 8. The molecule has 1 aromatic heterocycles. The minimum absolute atomic E-state index is 0.128. The Balaban J connectivity index is 1.51. The summed E-state index contributed by atoms with van der Waals surface area (Å²) in [5.74, 6) is 1.70. The monoisotopic (exact) mass is 361 g/mol.